The van der Waals surface area contributed by atoms with E-state index >= 15 is 0 Å². The van der Waals surface area contributed by atoms with Crippen LogP contribution >= 0.6 is 0 Å². The summed E-state index contributed by atoms with van der Waals surface area (Å²) in [4.78, 5) is 0. The van der Waals surface area contributed by atoms with Crippen molar-refractivity contribution < 1.29 is 0 Å². The Morgan fingerprint density at radius 2 is 1.12 bits per heavy atom. The highest BCUT2D eigenvalue weighted by atomic mass is 14.2. The second-order valence-corrected chi connectivity index (χ2v) is 4.22. The number of hydrogen-bond acceptors (Lipinski definition) is 2. The molecule has 2 nitrogen and oxygen atoms in total. The van der Waals surface area contributed by atoms with Crippen molar-refractivity contribution in [2.24, 2.45) is 11.8 Å². The molecule has 0 aliphatic rings. The summed E-state index contributed by atoms with van der Waals surface area (Å²) < 4.78 is 0. The van der Waals surface area contributed by atoms with Crippen LogP contribution in [-0.2, 0) is 0 Å². The molecule has 1 rings (SSSR count). The zero-order chi connectivity index (χ0) is 13.7. The van der Waals surface area contributed by atoms with Crippen molar-refractivity contribution in [3.05, 3.63) is 35.9 Å². The van der Waals surface area contributed by atoms with Gasteiger partial charge in [0.25, 0.3) is 0 Å². The lowest BCUT2D eigenvalue weighted by Gasteiger charge is -1.82. The lowest BCUT2D eigenvalue weighted by atomic mass is 10.2. The number of rotatable bonds is 0. The van der Waals surface area contributed by atoms with Crippen LogP contribution in [0.2, 0.25) is 0 Å². The lowest BCUT2D eigenvalue weighted by molar-refractivity contribution is 0.849. The Kier molecular flexibility index (Phi) is 12.7. The predicted octanol–water partition coefficient (Wildman–Crippen LogP) is 4.33. The fourth-order valence-electron chi connectivity index (χ4n) is 0.534. The van der Waals surface area contributed by atoms with Crippen molar-refractivity contribution in [3.8, 4) is 12.1 Å². The van der Waals surface area contributed by atoms with Crippen LogP contribution in [0.5, 0.6) is 0 Å². The highest BCUT2D eigenvalue weighted by molar-refractivity contribution is 5.11. The van der Waals surface area contributed by atoms with Crippen molar-refractivity contribution in [3.63, 3.8) is 0 Å². The molecule has 0 N–H and O–H groups in total. The van der Waals surface area contributed by atoms with Crippen molar-refractivity contribution in [1.29, 1.82) is 10.5 Å². The topological polar surface area (TPSA) is 47.6 Å². The molecule has 0 saturated heterocycles. The van der Waals surface area contributed by atoms with E-state index in [9.17, 15) is 0 Å². The SMILES string of the molecule is CC(C)C#N.CC(C)C#N.Cc1ccccc1. The van der Waals surface area contributed by atoms with Crippen LogP contribution in [0, 0.1) is 41.4 Å². The Morgan fingerprint density at radius 3 is 1.24 bits per heavy atom. The maximum atomic E-state index is 7.89. The molecule has 1 aromatic rings. The second-order valence-electron chi connectivity index (χ2n) is 4.22. The number of nitrogens with zero attached hydrogens (tertiary/aromatic N) is 2. The van der Waals surface area contributed by atoms with Crippen LogP contribution in [0.25, 0.3) is 0 Å². The van der Waals surface area contributed by atoms with Gasteiger partial charge >= 0.3 is 0 Å². The molecule has 92 valence electrons. The maximum absolute atomic E-state index is 7.89. The molecular weight excluding hydrogens is 208 g/mol. The van der Waals surface area contributed by atoms with Crippen LogP contribution in [0.1, 0.15) is 33.3 Å². The number of benzene rings is 1. The monoisotopic (exact) mass is 230 g/mol. The van der Waals surface area contributed by atoms with Crippen LogP contribution < -0.4 is 0 Å². The molecule has 0 unspecified atom stereocenters. The molecule has 1 aromatic carbocycles. The van der Waals surface area contributed by atoms with E-state index in [0.717, 1.165) is 0 Å². The molecule has 0 aliphatic carbocycles. The fraction of sp³-hybridized carbons (Fsp3) is 0.467. The van der Waals surface area contributed by atoms with Crippen molar-refractivity contribution in [2.45, 2.75) is 34.6 Å². The number of aryl methyl sites for hydroxylation is 1. The highest BCUT2D eigenvalue weighted by Crippen LogP contribution is 1.92. The molecule has 17 heavy (non-hydrogen) atoms. The summed E-state index contributed by atoms with van der Waals surface area (Å²) in [6, 6.07) is 14.3. The van der Waals surface area contributed by atoms with Crippen LogP contribution in [0.4, 0.5) is 0 Å². The van der Waals surface area contributed by atoms with Crippen LogP contribution in [-0.4, -0.2) is 0 Å². The van der Waals surface area contributed by atoms with Crippen LogP contribution in [0.15, 0.2) is 30.3 Å². The molecule has 0 amide bonds. The van der Waals surface area contributed by atoms with E-state index in [1.54, 1.807) is 0 Å². The van der Waals surface area contributed by atoms with Gasteiger partial charge in [-0.15, -0.1) is 0 Å². The van der Waals surface area contributed by atoms with E-state index in [2.05, 4.69) is 19.1 Å². The van der Waals surface area contributed by atoms with E-state index < -0.39 is 0 Å². The fourth-order valence-corrected chi connectivity index (χ4v) is 0.534. The highest BCUT2D eigenvalue weighted by Gasteiger charge is 1.79. The van der Waals surface area contributed by atoms with E-state index in [1.807, 2.05) is 58.0 Å². The quantitative estimate of drug-likeness (QED) is 0.666. The van der Waals surface area contributed by atoms with Gasteiger partial charge in [-0.2, -0.15) is 10.5 Å². The lowest BCUT2D eigenvalue weighted by Crippen LogP contribution is -1.72. The Balaban J connectivity index is 0. The Labute approximate surface area is 106 Å². The third kappa shape index (κ3) is 20.3. The first-order valence-electron chi connectivity index (χ1n) is 5.74. The minimum atomic E-state index is 0.190. The van der Waals surface area contributed by atoms with E-state index in [1.165, 1.54) is 5.56 Å². The smallest absolute Gasteiger partial charge is 0.0649 e. The Bertz CT molecular complexity index is 321. The van der Waals surface area contributed by atoms with Gasteiger partial charge in [-0.25, -0.2) is 0 Å². The molecular formula is C15H22N2. The third-order valence-electron chi connectivity index (χ3n) is 1.46. The summed E-state index contributed by atoms with van der Waals surface area (Å²) in [6.07, 6.45) is 0. The van der Waals surface area contributed by atoms with E-state index in [4.69, 9.17) is 10.5 Å². The zero-order valence-electron chi connectivity index (χ0n) is 11.4. The molecule has 0 atom stereocenters. The Morgan fingerprint density at radius 1 is 0.824 bits per heavy atom. The zero-order valence-corrected chi connectivity index (χ0v) is 11.4. The van der Waals surface area contributed by atoms with Gasteiger partial charge in [0.05, 0.1) is 12.1 Å². The van der Waals surface area contributed by atoms with Gasteiger partial charge < -0.3 is 0 Å². The molecule has 0 spiro atoms. The first-order valence-corrected chi connectivity index (χ1v) is 5.74. The summed E-state index contributed by atoms with van der Waals surface area (Å²) in [6.45, 7) is 9.53. The average Bonchev–Trinajstić information content (AvgIpc) is 2.31. The standard InChI is InChI=1S/C7H8.2C4H7N/c1-7-5-3-2-4-6-7;2*1-4(2)3-5/h2-6H,1H3;2*4H,1-2H3. The van der Waals surface area contributed by atoms with Gasteiger partial charge in [0.1, 0.15) is 0 Å². The summed E-state index contributed by atoms with van der Waals surface area (Å²) in [5.74, 6) is 0.380. The summed E-state index contributed by atoms with van der Waals surface area (Å²) >= 11 is 0. The molecule has 0 radical (unpaired) electrons. The minimum Gasteiger partial charge on any atom is -0.198 e. The van der Waals surface area contributed by atoms with Gasteiger partial charge in [-0.05, 0) is 34.6 Å². The van der Waals surface area contributed by atoms with Gasteiger partial charge in [0.15, 0.2) is 0 Å². The van der Waals surface area contributed by atoms with Crippen molar-refractivity contribution in [2.75, 3.05) is 0 Å². The van der Waals surface area contributed by atoms with Gasteiger partial charge in [0.2, 0.25) is 0 Å². The van der Waals surface area contributed by atoms with E-state index in [-0.39, 0.29) is 11.8 Å². The molecule has 0 heterocycles. The van der Waals surface area contributed by atoms with Gasteiger partial charge in [-0.3, -0.25) is 0 Å². The molecule has 2 heteroatoms. The first-order chi connectivity index (χ1) is 7.93. The normalized spacial score (nSPS) is 8.06. The van der Waals surface area contributed by atoms with Crippen molar-refractivity contribution in [1.82, 2.24) is 0 Å². The third-order valence-corrected chi connectivity index (χ3v) is 1.46. The average molecular weight is 230 g/mol. The molecule has 0 aliphatic heterocycles. The summed E-state index contributed by atoms with van der Waals surface area (Å²) in [7, 11) is 0. The maximum Gasteiger partial charge on any atom is 0.0649 e. The summed E-state index contributed by atoms with van der Waals surface area (Å²) in [5, 5.41) is 15.8. The molecule has 0 fully saturated rings. The number of hydrogen-bond donors (Lipinski definition) is 0. The van der Waals surface area contributed by atoms with Gasteiger partial charge in [0, 0.05) is 11.8 Å². The Hall–Kier alpha value is -1.80. The molecule has 0 aromatic heterocycles. The largest absolute Gasteiger partial charge is 0.198 e. The summed E-state index contributed by atoms with van der Waals surface area (Å²) in [5.41, 5.74) is 1.32. The number of nitriles is 2. The van der Waals surface area contributed by atoms with E-state index in [0.29, 0.717) is 0 Å². The van der Waals surface area contributed by atoms with Gasteiger partial charge in [-0.1, -0.05) is 35.9 Å². The van der Waals surface area contributed by atoms with Crippen molar-refractivity contribution >= 4 is 0 Å². The second kappa shape index (κ2) is 12.3. The molecule has 0 saturated carbocycles. The first kappa shape index (κ1) is 17.6. The van der Waals surface area contributed by atoms with Crippen LogP contribution in [0.3, 0.4) is 0 Å². The predicted molar refractivity (Wildman–Crippen MR) is 72.1 cm³/mol. The minimum absolute atomic E-state index is 0.190. The molecule has 0 bridgehead atoms.